The van der Waals surface area contributed by atoms with Gasteiger partial charge in [0.05, 0.1) is 0 Å². The fourth-order valence-corrected chi connectivity index (χ4v) is 2.67. The number of carbonyl (C=O) groups excluding carboxylic acids is 1. The molecule has 0 saturated heterocycles. The van der Waals surface area contributed by atoms with E-state index >= 15 is 0 Å². The molecule has 1 amide bonds. The first-order valence-electron chi connectivity index (χ1n) is 8.03. The Balaban J connectivity index is 1.85. The fraction of sp³-hybridized carbons (Fsp3) is 0.688. The molecule has 0 aromatic carbocycles. The average molecular weight is 290 g/mol. The number of nitrogens with one attached hydrogen (secondary N) is 2. The summed E-state index contributed by atoms with van der Waals surface area (Å²) in [5.74, 6) is 1.65. The lowest BCUT2D eigenvalue weighted by Gasteiger charge is -2.16. The van der Waals surface area contributed by atoms with Crippen molar-refractivity contribution in [1.82, 2.24) is 10.2 Å². The molecule has 116 valence electrons. The molecular formula is C16H26N4O. The minimum Gasteiger partial charge on any atom is -0.366 e. The van der Waals surface area contributed by atoms with Gasteiger partial charge < -0.3 is 10.6 Å². The van der Waals surface area contributed by atoms with E-state index in [1.54, 1.807) is 0 Å². The molecule has 1 fully saturated rings. The Hall–Kier alpha value is -1.65. The van der Waals surface area contributed by atoms with Crippen molar-refractivity contribution in [1.29, 1.82) is 0 Å². The Morgan fingerprint density at radius 3 is 2.33 bits per heavy atom. The summed E-state index contributed by atoms with van der Waals surface area (Å²) in [6.07, 6.45) is 8.16. The van der Waals surface area contributed by atoms with Crippen LogP contribution >= 0.6 is 0 Å². The lowest BCUT2D eigenvalue weighted by Crippen LogP contribution is -2.20. The summed E-state index contributed by atoms with van der Waals surface area (Å²) in [6, 6.07) is 4.20. The fourth-order valence-electron chi connectivity index (χ4n) is 2.67. The van der Waals surface area contributed by atoms with Crippen LogP contribution in [-0.2, 0) is 4.79 Å². The number of anilines is 2. The number of rotatable bonds is 5. The van der Waals surface area contributed by atoms with Crippen molar-refractivity contribution < 1.29 is 4.79 Å². The van der Waals surface area contributed by atoms with Crippen molar-refractivity contribution in [3.05, 3.63) is 12.1 Å². The summed E-state index contributed by atoms with van der Waals surface area (Å²) in [6.45, 7) is 4.04. The van der Waals surface area contributed by atoms with Crippen LogP contribution in [0.15, 0.2) is 12.1 Å². The van der Waals surface area contributed by atoms with E-state index in [1.807, 2.05) is 26.0 Å². The van der Waals surface area contributed by atoms with E-state index in [2.05, 4.69) is 20.8 Å². The molecular weight excluding hydrogens is 264 g/mol. The summed E-state index contributed by atoms with van der Waals surface area (Å²) in [5, 5.41) is 14.5. The van der Waals surface area contributed by atoms with Crippen LogP contribution in [0.25, 0.3) is 0 Å². The molecule has 0 spiro atoms. The van der Waals surface area contributed by atoms with Gasteiger partial charge in [0.2, 0.25) is 5.91 Å². The molecule has 5 nitrogen and oxygen atoms in total. The zero-order chi connectivity index (χ0) is 15.1. The number of nitrogens with zero attached hydrogens (tertiary/aromatic N) is 2. The van der Waals surface area contributed by atoms with Gasteiger partial charge in [-0.3, -0.25) is 4.79 Å². The first-order chi connectivity index (χ1) is 10.1. The molecule has 5 heteroatoms. The van der Waals surface area contributed by atoms with E-state index in [-0.39, 0.29) is 5.91 Å². The highest BCUT2D eigenvalue weighted by Crippen LogP contribution is 2.20. The first kappa shape index (κ1) is 15.7. The van der Waals surface area contributed by atoms with Gasteiger partial charge in [-0.2, -0.15) is 0 Å². The first-order valence-corrected chi connectivity index (χ1v) is 8.03. The van der Waals surface area contributed by atoms with Crippen LogP contribution < -0.4 is 10.6 Å². The molecule has 2 N–H and O–H groups in total. The second-order valence-electron chi connectivity index (χ2n) is 6.28. The minimum atomic E-state index is -0.0104. The van der Waals surface area contributed by atoms with E-state index in [4.69, 9.17) is 0 Å². The lowest BCUT2D eigenvalue weighted by molar-refractivity contribution is -0.116. The van der Waals surface area contributed by atoms with Gasteiger partial charge in [-0.1, -0.05) is 39.5 Å². The van der Waals surface area contributed by atoms with Crippen LogP contribution in [0.1, 0.15) is 58.8 Å². The van der Waals surface area contributed by atoms with Gasteiger partial charge >= 0.3 is 0 Å². The normalized spacial score (nSPS) is 16.5. The third kappa shape index (κ3) is 5.69. The Kier molecular flexibility index (Phi) is 5.96. The molecule has 1 saturated carbocycles. The molecule has 1 aromatic rings. The Bertz CT molecular complexity index is 436. The van der Waals surface area contributed by atoms with E-state index < -0.39 is 0 Å². The van der Waals surface area contributed by atoms with Crippen molar-refractivity contribution in [2.24, 2.45) is 5.92 Å². The zero-order valence-corrected chi connectivity index (χ0v) is 13.1. The second-order valence-corrected chi connectivity index (χ2v) is 6.28. The van der Waals surface area contributed by atoms with Crippen molar-refractivity contribution in [2.45, 2.75) is 64.8 Å². The van der Waals surface area contributed by atoms with Crippen LogP contribution in [0, 0.1) is 5.92 Å². The standard InChI is InChI=1S/C16H26N4O/c1-12(2)11-16(21)18-15-10-9-14(19-20-15)17-13-7-5-3-4-6-8-13/h9-10,12-13H,3-8,11H2,1-2H3,(H,17,19)(H,18,20,21). The largest absolute Gasteiger partial charge is 0.366 e. The molecule has 2 rings (SSSR count). The summed E-state index contributed by atoms with van der Waals surface area (Å²) in [5.41, 5.74) is 0. The predicted octanol–water partition coefficient (Wildman–Crippen LogP) is 3.60. The van der Waals surface area contributed by atoms with Gasteiger partial charge in [-0.25, -0.2) is 0 Å². The summed E-state index contributed by atoms with van der Waals surface area (Å²) in [4.78, 5) is 11.7. The smallest absolute Gasteiger partial charge is 0.225 e. The maximum atomic E-state index is 11.7. The second kappa shape index (κ2) is 7.96. The highest BCUT2D eigenvalue weighted by molar-refractivity contribution is 5.89. The van der Waals surface area contributed by atoms with Gasteiger partial charge in [0, 0.05) is 12.5 Å². The lowest BCUT2D eigenvalue weighted by atomic mass is 10.1. The molecule has 1 aliphatic rings. The van der Waals surface area contributed by atoms with Crippen LogP contribution in [0.2, 0.25) is 0 Å². The van der Waals surface area contributed by atoms with Gasteiger partial charge in [0.15, 0.2) is 5.82 Å². The number of hydrogen-bond donors (Lipinski definition) is 2. The van der Waals surface area contributed by atoms with E-state index in [0.29, 0.717) is 24.2 Å². The van der Waals surface area contributed by atoms with Crippen LogP contribution in [0.5, 0.6) is 0 Å². The van der Waals surface area contributed by atoms with Crippen molar-refractivity contribution >= 4 is 17.5 Å². The molecule has 0 unspecified atom stereocenters. The topological polar surface area (TPSA) is 66.9 Å². The minimum absolute atomic E-state index is 0.0104. The zero-order valence-electron chi connectivity index (χ0n) is 13.1. The van der Waals surface area contributed by atoms with Crippen LogP contribution in [-0.4, -0.2) is 22.1 Å². The molecule has 1 aliphatic carbocycles. The highest BCUT2D eigenvalue weighted by Gasteiger charge is 2.13. The summed E-state index contributed by atoms with van der Waals surface area (Å²) in [7, 11) is 0. The highest BCUT2D eigenvalue weighted by atomic mass is 16.1. The van der Waals surface area contributed by atoms with Gasteiger partial charge in [0.25, 0.3) is 0 Å². The third-order valence-electron chi connectivity index (χ3n) is 3.73. The van der Waals surface area contributed by atoms with E-state index in [0.717, 1.165) is 5.82 Å². The van der Waals surface area contributed by atoms with Gasteiger partial charge in [-0.15, -0.1) is 10.2 Å². The molecule has 0 atom stereocenters. The van der Waals surface area contributed by atoms with E-state index in [1.165, 1.54) is 38.5 Å². The van der Waals surface area contributed by atoms with E-state index in [9.17, 15) is 4.79 Å². The van der Waals surface area contributed by atoms with Crippen molar-refractivity contribution in [2.75, 3.05) is 10.6 Å². The monoisotopic (exact) mass is 290 g/mol. The predicted molar refractivity (Wildman–Crippen MR) is 85.2 cm³/mol. The van der Waals surface area contributed by atoms with Gasteiger partial charge in [-0.05, 0) is 30.9 Å². The van der Waals surface area contributed by atoms with Crippen molar-refractivity contribution in [3.8, 4) is 0 Å². The maximum Gasteiger partial charge on any atom is 0.225 e. The van der Waals surface area contributed by atoms with Gasteiger partial charge in [0.1, 0.15) is 5.82 Å². The molecule has 0 aliphatic heterocycles. The Morgan fingerprint density at radius 1 is 1.14 bits per heavy atom. The average Bonchev–Trinajstić information content (AvgIpc) is 2.69. The number of amides is 1. The number of hydrogen-bond acceptors (Lipinski definition) is 4. The molecule has 1 heterocycles. The number of carbonyl (C=O) groups is 1. The maximum absolute atomic E-state index is 11.7. The van der Waals surface area contributed by atoms with Crippen LogP contribution in [0.4, 0.5) is 11.6 Å². The Morgan fingerprint density at radius 2 is 1.76 bits per heavy atom. The SMILES string of the molecule is CC(C)CC(=O)Nc1ccc(NC2CCCCCC2)nn1. The van der Waals surface area contributed by atoms with Crippen LogP contribution in [0.3, 0.4) is 0 Å². The third-order valence-corrected chi connectivity index (χ3v) is 3.73. The summed E-state index contributed by atoms with van der Waals surface area (Å²) >= 11 is 0. The quantitative estimate of drug-likeness (QED) is 0.813. The Labute approximate surface area is 126 Å². The van der Waals surface area contributed by atoms with Crippen molar-refractivity contribution in [3.63, 3.8) is 0 Å². The molecule has 0 radical (unpaired) electrons. The molecule has 0 bridgehead atoms. The number of aromatic nitrogens is 2. The molecule has 21 heavy (non-hydrogen) atoms. The summed E-state index contributed by atoms with van der Waals surface area (Å²) < 4.78 is 0. The molecule has 1 aromatic heterocycles.